The Labute approximate surface area is 161 Å². The molecule has 134 valence electrons. The lowest BCUT2D eigenvalue weighted by atomic mass is 10.0. The van der Waals surface area contributed by atoms with Gasteiger partial charge < -0.3 is 5.11 Å². The number of pyridine rings is 3. The van der Waals surface area contributed by atoms with E-state index in [0.29, 0.717) is 0 Å². The molecule has 0 atom stereocenters. The normalized spacial score (nSPS) is 11.0. The summed E-state index contributed by atoms with van der Waals surface area (Å²) in [6.07, 6.45) is 5.57. The number of phenols is 1. The molecule has 0 bridgehead atoms. The van der Waals surface area contributed by atoms with Gasteiger partial charge in [-0.15, -0.1) is 0 Å². The first kappa shape index (κ1) is 16.2. The molecular weight excluding hydrogens is 348 g/mol. The minimum atomic E-state index is 0.235. The molecule has 0 spiro atoms. The highest BCUT2D eigenvalue weighted by molar-refractivity contribution is 5.82. The lowest BCUT2D eigenvalue weighted by molar-refractivity contribution is 0.475. The third-order valence-electron chi connectivity index (χ3n) is 4.63. The van der Waals surface area contributed by atoms with Gasteiger partial charge in [0.1, 0.15) is 17.1 Å². The zero-order valence-electron chi connectivity index (χ0n) is 14.9. The average Bonchev–Trinajstić information content (AvgIpc) is 3.15. The van der Waals surface area contributed by atoms with E-state index in [1.807, 2.05) is 66.9 Å². The molecule has 5 heteroatoms. The predicted octanol–water partition coefficient (Wildman–Crippen LogP) is 4.83. The average molecular weight is 364 g/mol. The van der Waals surface area contributed by atoms with Crippen LogP contribution in [0.2, 0.25) is 0 Å². The Balaban J connectivity index is 1.73. The Kier molecular flexibility index (Phi) is 3.84. The second kappa shape index (κ2) is 6.63. The van der Waals surface area contributed by atoms with Crippen molar-refractivity contribution in [2.75, 3.05) is 0 Å². The highest BCUT2D eigenvalue weighted by atomic mass is 16.3. The van der Waals surface area contributed by atoms with Crippen molar-refractivity contribution in [1.82, 2.24) is 19.4 Å². The molecule has 4 aromatic heterocycles. The molecule has 28 heavy (non-hydrogen) atoms. The first-order chi connectivity index (χ1) is 13.8. The van der Waals surface area contributed by atoms with Crippen LogP contribution in [0.25, 0.3) is 39.5 Å². The standard InChI is InChI=1S/C23H16N4O/c28-18-9-7-16(8-10-18)20-15-17(11-13-25-20)23-22(19-5-1-3-12-24-19)26-21-6-2-4-14-27(21)23/h1-15,28H. The van der Waals surface area contributed by atoms with Gasteiger partial charge in [0.25, 0.3) is 0 Å². The monoisotopic (exact) mass is 364 g/mol. The molecule has 0 aliphatic carbocycles. The summed E-state index contributed by atoms with van der Waals surface area (Å²) in [4.78, 5) is 13.8. The number of phenolic OH excluding ortho intramolecular Hbond substituents is 1. The molecule has 0 aliphatic heterocycles. The largest absolute Gasteiger partial charge is 0.508 e. The van der Waals surface area contributed by atoms with Crippen LogP contribution >= 0.6 is 0 Å². The summed E-state index contributed by atoms with van der Waals surface area (Å²) in [7, 11) is 0. The lowest BCUT2D eigenvalue weighted by Crippen LogP contribution is -1.92. The Morgan fingerprint density at radius 3 is 2.36 bits per heavy atom. The van der Waals surface area contributed by atoms with Crippen molar-refractivity contribution in [1.29, 1.82) is 0 Å². The van der Waals surface area contributed by atoms with E-state index in [1.54, 1.807) is 24.5 Å². The maximum atomic E-state index is 9.55. The fourth-order valence-corrected chi connectivity index (χ4v) is 3.32. The molecule has 0 saturated carbocycles. The minimum Gasteiger partial charge on any atom is -0.508 e. The second-order valence-electron chi connectivity index (χ2n) is 6.43. The van der Waals surface area contributed by atoms with Crippen molar-refractivity contribution in [3.8, 4) is 39.7 Å². The van der Waals surface area contributed by atoms with Crippen molar-refractivity contribution in [3.63, 3.8) is 0 Å². The topological polar surface area (TPSA) is 63.3 Å². The SMILES string of the molecule is Oc1ccc(-c2cc(-c3c(-c4ccccn4)nc4ccccn34)ccn2)cc1. The van der Waals surface area contributed by atoms with E-state index < -0.39 is 0 Å². The van der Waals surface area contributed by atoms with E-state index in [1.165, 1.54) is 0 Å². The highest BCUT2D eigenvalue weighted by Gasteiger charge is 2.17. The number of aromatic hydroxyl groups is 1. The Morgan fingerprint density at radius 2 is 1.54 bits per heavy atom. The summed E-state index contributed by atoms with van der Waals surface area (Å²) in [5, 5.41) is 9.55. The molecule has 0 aliphatic rings. The maximum Gasteiger partial charge on any atom is 0.138 e. The first-order valence-electron chi connectivity index (χ1n) is 8.94. The molecule has 0 saturated heterocycles. The number of hydrogen-bond acceptors (Lipinski definition) is 4. The van der Waals surface area contributed by atoms with Gasteiger partial charge in [0.2, 0.25) is 0 Å². The van der Waals surface area contributed by atoms with Crippen LogP contribution in [-0.4, -0.2) is 24.5 Å². The predicted molar refractivity (Wildman–Crippen MR) is 109 cm³/mol. The Hall–Kier alpha value is -3.99. The fraction of sp³-hybridized carbons (Fsp3) is 0. The third kappa shape index (κ3) is 2.79. The van der Waals surface area contributed by atoms with E-state index in [-0.39, 0.29) is 5.75 Å². The number of fused-ring (bicyclic) bond motifs is 1. The number of nitrogens with zero attached hydrogens (tertiary/aromatic N) is 4. The van der Waals surface area contributed by atoms with Crippen LogP contribution < -0.4 is 0 Å². The van der Waals surface area contributed by atoms with Crippen LogP contribution in [0.4, 0.5) is 0 Å². The van der Waals surface area contributed by atoms with E-state index in [4.69, 9.17) is 4.98 Å². The zero-order valence-corrected chi connectivity index (χ0v) is 14.9. The number of benzene rings is 1. The van der Waals surface area contributed by atoms with Crippen molar-refractivity contribution < 1.29 is 5.11 Å². The molecule has 5 nitrogen and oxygen atoms in total. The summed E-state index contributed by atoms with van der Waals surface area (Å²) in [5.74, 6) is 0.235. The van der Waals surface area contributed by atoms with E-state index >= 15 is 0 Å². The molecule has 0 radical (unpaired) electrons. The molecule has 0 unspecified atom stereocenters. The molecule has 4 heterocycles. The number of hydrogen-bond donors (Lipinski definition) is 1. The summed E-state index contributed by atoms with van der Waals surface area (Å²) in [6.45, 7) is 0. The van der Waals surface area contributed by atoms with Gasteiger partial charge in [-0.2, -0.15) is 0 Å². The van der Waals surface area contributed by atoms with Crippen molar-refractivity contribution >= 4 is 5.65 Å². The summed E-state index contributed by atoms with van der Waals surface area (Å²) >= 11 is 0. The number of aromatic nitrogens is 4. The number of rotatable bonds is 3. The van der Waals surface area contributed by atoms with E-state index in [0.717, 1.165) is 39.5 Å². The van der Waals surface area contributed by atoms with Crippen LogP contribution in [-0.2, 0) is 0 Å². The second-order valence-corrected chi connectivity index (χ2v) is 6.43. The Bertz CT molecular complexity index is 1260. The zero-order chi connectivity index (χ0) is 18.9. The van der Waals surface area contributed by atoms with Gasteiger partial charge in [0.15, 0.2) is 0 Å². The van der Waals surface area contributed by atoms with Crippen molar-refractivity contribution in [2.24, 2.45) is 0 Å². The molecule has 1 N–H and O–H groups in total. The van der Waals surface area contributed by atoms with Crippen LogP contribution in [0, 0.1) is 0 Å². The third-order valence-corrected chi connectivity index (χ3v) is 4.63. The fourth-order valence-electron chi connectivity index (χ4n) is 3.32. The smallest absolute Gasteiger partial charge is 0.138 e. The molecular formula is C23H16N4O. The van der Waals surface area contributed by atoms with Crippen molar-refractivity contribution in [3.05, 3.63) is 91.4 Å². The molecule has 5 aromatic rings. The minimum absolute atomic E-state index is 0.235. The summed E-state index contributed by atoms with van der Waals surface area (Å²) in [5.41, 5.74) is 6.25. The first-order valence-corrected chi connectivity index (χ1v) is 8.94. The molecule has 0 fully saturated rings. The number of imidazole rings is 1. The van der Waals surface area contributed by atoms with Gasteiger partial charge in [-0.05, 0) is 60.7 Å². The van der Waals surface area contributed by atoms with Crippen LogP contribution in [0.5, 0.6) is 5.75 Å². The van der Waals surface area contributed by atoms with Crippen molar-refractivity contribution in [2.45, 2.75) is 0 Å². The quantitative estimate of drug-likeness (QED) is 0.498. The highest BCUT2D eigenvalue weighted by Crippen LogP contribution is 2.33. The van der Waals surface area contributed by atoms with Crippen LogP contribution in [0.15, 0.2) is 91.4 Å². The summed E-state index contributed by atoms with van der Waals surface area (Å²) < 4.78 is 2.07. The van der Waals surface area contributed by atoms with Gasteiger partial charge in [-0.1, -0.05) is 12.1 Å². The molecule has 0 amide bonds. The van der Waals surface area contributed by atoms with Gasteiger partial charge in [-0.3, -0.25) is 14.4 Å². The van der Waals surface area contributed by atoms with Gasteiger partial charge in [-0.25, -0.2) is 4.98 Å². The Morgan fingerprint density at radius 1 is 0.714 bits per heavy atom. The maximum absolute atomic E-state index is 9.55. The lowest BCUT2D eigenvalue weighted by Gasteiger charge is -2.08. The van der Waals surface area contributed by atoms with Gasteiger partial charge >= 0.3 is 0 Å². The summed E-state index contributed by atoms with van der Waals surface area (Å²) in [6, 6.07) is 22.8. The molecule has 5 rings (SSSR count). The van der Waals surface area contributed by atoms with Crippen LogP contribution in [0.3, 0.4) is 0 Å². The van der Waals surface area contributed by atoms with Crippen LogP contribution in [0.1, 0.15) is 0 Å². The van der Waals surface area contributed by atoms with E-state index in [2.05, 4.69) is 14.4 Å². The van der Waals surface area contributed by atoms with Gasteiger partial charge in [0, 0.05) is 29.7 Å². The van der Waals surface area contributed by atoms with E-state index in [9.17, 15) is 5.11 Å². The van der Waals surface area contributed by atoms with Gasteiger partial charge in [0.05, 0.1) is 17.1 Å². The molecule has 1 aromatic carbocycles.